The predicted octanol–water partition coefficient (Wildman–Crippen LogP) is 2.78. The van der Waals surface area contributed by atoms with Gasteiger partial charge in [-0.25, -0.2) is 9.59 Å². The molecule has 0 aromatic carbocycles. The molecule has 0 aromatic heterocycles. The minimum Gasteiger partial charge on any atom is -0.447 e. The zero-order chi connectivity index (χ0) is 26.0. The van der Waals surface area contributed by atoms with Crippen LogP contribution in [0, 0.1) is 29.1 Å². The van der Waals surface area contributed by atoms with Gasteiger partial charge in [0.1, 0.15) is 13.2 Å². The molecule has 0 heterocycles. The molecule has 6 atom stereocenters. The fourth-order valence-corrected chi connectivity index (χ4v) is 4.95. The van der Waals surface area contributed by atoms with E-state index in [1.54, 1.807) is 6.92 Å². The number of hydrogen-bond acceptors (Lipinski definition) is 8. The van der Waals surface area contributed by atoms with E-state index in [9.17, 15) is 19.8 Å². The summed E-state index contributed by atoms with van der Waals surface area (Å²) in [7, 11) is 0. The second-order valence-corrected chi connectivity index (χ2v) is 10.7. The van der Waals surface area contributed by atoms with E-state index in [0.29, 0.717) is 42.3 Å². The van der Waals surface area contributed by atoms with Crippen molar-refractivity contribution in [1.82, 2.24) is 10.6 Å². The number of rotatable bonds is 14. The first-order valence-corrected chi connectivity index (χ1v) is 12.5. The van der Waals surface area contributed by atoms with E-state index < -0.39 is 24.8 Å². The number of fused-ring (bicyclic) bond motifs is 2. The SMILES string of the molecule is C=C(C)C(O)OCCOC(=O)NCC1CC2CCC1C2CCNC(=O)OCCOC(O)C(C)(C)C. The zero-order valence-corrected chi connectivity index (χ0v) is 21.6. The lowest BCUT2D eigenvalue weighted by Crippen LogP contribution is -2.33. The number of carbonyl (C=O) groups excluding carboxylic acids is 2. The van der Waals surface area contributed by atoms with E-state index in [2.05, 4.69) is 17.2 Å². The predicted molar refractivity (Wildman–Crippen MR) is 129 cm³/mol. The summed E-state index contributed by atoms with van der Waals surface area (Å²) in [5, 5.41) is 24.9. The van der Waals surface area contributed by atoms with Gasteiger partial charge in [-0.3, -0.25) is 0 Å². The lowest BCUT2D eigenvalue weighted by molar-refractivity contribution is -0.163. The Labute approximate surface area is 208 Å². The highest BCUT2D eigenvalue weighted by Crippen LogP contribution is 2.53. The maximum Gasteiger partial charge on any atom is 0.407 e. The lowest BCUT2D eigenvalue weighted by atomic mass is 9.87. The summed E-state index contributed by atoms with van der Waals surface area (Å²) in [6.07, 6.45) is 1.36. The molecule has 2 fully saturated rings. The monoisotopic (exact) mass is 500 g/mol. The molecule has 4 N–H and O–H groups in total. The van der Waals surface area contributed by atoms with Crippen LogP contribution in [0.5, 0.6) is 0 Å². The van der Waals surface area contributed by atoms with Crippen molar-refractivity contribution >= 4 is 12.2 Å². The second-order valence-electron chi connectivity index (χ2n) is 10.7. The van der Waals surface area contributed by atoms with Gasteiger partial charge in [0.2, 0.25) is 0 Å². The first kappa shape index (κ1) is 29.4. The Morgan fingerprint density at radius 1 is 1.00 bits per heavy atom. The number of hydrogen-bond donors (Lipinski definition) is 4. The summed E-state index contributed by atoms with van der Waals surface area (Å²) in [5.74, 6) is 2.08. The third kappa shape index (κ3) is 9.95. The molecule has 2 saturated carbocycles. The van der Waals surface area contributed by atoms with E-state index >= 15 is 0 Å². The summed E-state index contributed by atoms with van der Waals surface area (Å²) < 4.78 is 20.6. The highest BCUT2D eigenvalue weighted by molar-refractivity contribution is 5.67. The van der Waals surface area contributed by atoms with Crippen molar-refractivity contribution in [1.29, 1.82) is 0 Å². The van der Waals surface area contributed by atoms with E-state index in [4.69, 9.17) is 18.9 Å². The minimum absolute atomic E-state index is 0.0561. The first-order chi connectivity index (χ1) is 16.5. The third-order valence-corrected chi connectivity index (χ3v) is 6.84. The number of alkyl carbamates (subject to hydrolysis) is 2. The normalized spacial score (nSPS) is 25.1. The van der Waals surface area contributed by atoms with Gasteiger partial charge in [0.25, 0.3) is 0 Å². The molecule has 2 aliphatic rings. The lowest BCUT2D eigenvalue weighted by Gasteiger charge is -2.25. The molecule has 0 aromatic rings. The van der Waals surface area contributed by atoms with Gasteiger partial charge in [0.15, 0.2) is 12.6 Å². The van der Waals surface area contributed by atoms with Crippen LogP contribution >= 0.6 is 0 Å². The smallest absolute Gasteiger partial charge is 0.407 e. The Balaban J connectivity index is 1.57. The molecule has 2 rings (SSSR count). The van der Waals surface area contributed by atoms with Crippen molar-refractivity contribution in [3.8, 4) is 0 Å². The van der Waals surface area contributed by atoms with Crippen LogP contribution in [0.3, 0.4) is 0 Å². The Morgan fingerprint density at radius 2 is 1.63 bits per heavy atom. The number of aliphatic hydroxyl groups excluding tert-OH is 2. The van der Waals surface area contributed by atoms with Crippen molar-refractivity contribution in [3.63, 3.8) is 0 Å². The molecule has 6 unspecified atom stereocenters. The molecule has 2 amide bonds. The van der Waals surface area contributed by atoms with Gasteiger partial charge in [0.05, 0.1) is 13.2 Å². The summed E-state index contributed by atoms with van der Waals surface area (Å²) in [4.78, 5) is 23.9. The second kappa shape index (κ2) is 14.0. The molecule has 2 aliphatic carbocycles. The molecular formula is C25H44N2O8. The standard InChI is InChI=1S/C25H44N2O8/c1-16(2)21(28)32-10-12-35-24(31)27-15-18-14-17-6-7-19(18)20(17)8-9-26-23(30)34-13-11-33-22(29)25(3,4)5/h17-22,28-29H,1,6-15H2,2-5H3,(H,26,30)(H,27,31). The van der Waals surface area contributed by atoms with Gasteiger partial charge >= 0.3 is 12.2 Å². The van der Waals surface area contributed by atoms with Gasteiger partial charge in [-0.05, 0) is 61.9 Å². The maximum atomic E-state index is 12.0. The number of ether oxygens (including phenoxy) is 4. The highest BCUT2D eigenvalue weighted by Gasteiger charge is 2.47. The van der Waals surface area contributed by atoms with Gasteiger partial charge in [-0.15, -0.1) is 0 Å². The molecule has 10 nitrogen and oxygen atoms in total. The molecular weight excluding hydrogens is 456 g/mol. The summed E-state index contributed by atoms with van der Waals surface area (Å²) in [6.45, 7) is 12.3. The Morgan fingerprint density at radius 3 is 2.26 bits per heavy atom. The van der Waals surface area contributed by atoms with Crippen LogP contribution in [-0.2, 0) is 18.9 Å². The number of carbonyl (C=O) groups is 2. The molecule has 2 bridgehead atoms. The summed E-state index contributed by atoms with van der Waals surface area (Å²) in [6, 6.07) is 0. The average Bonchev–Trinajstić information content (AvgIpc) is 3.33. The maximum absolute atomic E-state index is 12.0. The Bertz CT molecular complexity index is 695. The topological polar surface area (TPSA) is 136 Å². The van der Waals surface area contributed by atoms with Crippen LogP contribution in [0.2, 0.25) is 0 Å². The molecule has 0 spiro atoms. The molecule has 0 saturated heterocycles. The van der Waals surface area contributed by atoms with E-state index in [1.807, 2.05) is 20.8 Å². The quantitative estimate of drug-likeness (QED) is 0.162. The van der Waals surface area contributed by atoms with Crippen LogP contribution in [0.25, 0.3) is 0 Å². The van der Waals surface area contributed by atoms with Crippen molar-refractivity contribution < 1.29 is 38.7 Å². The highest BCUT2D eigenvalue weighted by atomic mass is 16.6. The van der Waals surface area contributed by atoms with E-state index in [0.717, 1.165) is 19.3 Å². The van der Waals surface area contributed by atoms with Crippen molar-refractivity contribution in [3.05, 3.63) is 12.2 Å². The summed E-state index contributed by atoms with van der Waals surface area (Å²) >= 11 is 0. The van der Waals surface area contributed by atoms with E-state index in [-0.39, 0.29) is 31.8 Å². The summed E-state index contributed by atoms with van der Waals surface area (Å²) in [5.41, 5.74) is 0.106. The Kier molecular flexibility index (Phi) is 11.7. The largest absolute Gasteiger partial charge is 0.447 e. The van der Waals surface area contributed by atoms with Crippen molar-refractivity contribution in [2.24, 2.45) is 29.1 Å². The van der Waals surface area contributed by atoms with Crippen molar-refractivity contribution in [2.45, 2.75) is 66.0 Å². The van der Waals surface area contributed by atoms with Gasteiger partial charge in [-0.2, -0.15) is 0 Å². The number of nitrogens with one attached hydrogen (secondary N) is 2. The fourth-order valence-electron chi connectivity index (χ4n) is 4.95. The average molecular weight is 501 g/mol. The van der Waals surface area contributed by atoms with Gasteiger partial charge in [-0.1, -0.05) is 27.4 Å². The fraction of sp³-hybridized carbons (Fsp3) is 0.840. The van der Waals surface area contributed by atoms with Crippen LogP contribution in [0.15, 0.2) is 12.2 Å². The van der Waals surface area contributed by atoms with Crippen LogP contribution < -0.4 is 10.6 Å². The van der Waals surface area contributed by atoms with Gasteiger partial charge < -0.3 is 39.8 Å². The first-order valence-electron chi connectivity index (χ1n) is 12.5. The zero-order valence-electron chi connectivity index (χ0n) is 21.6. The van der Waals surface area contributed by atoms with Crippen molar-refractivity contribution in [2.75, 3.05) is 39.5 Å². The van der Waals surface area contributed by atoms with Crippen LogP contribution in [0.4, 0.5) is 9.59 Å². The third-order valence-electron chi connectivity index (χ3n) is 6.84. The van der Waals surface area contributed by atoms with Gasteiger partial charge in [0, 0.05) is 18.5 Å². The van der Waals surface area contributed by atoms with Crippen LogP contribution in [-0.4, -0.2) is 74.5 Å². The molecule has 10 heteroatoms. The molecule has 35 heavy (non-hydrogen) atoms. The number of aliphatic hydroxyl groups is 2. The van der Waals surface area contributed by atoms with E-state index in [1.165, 1.54) is 6.42 Å². The molecule has 0 radical (unpaired) electrons. The Hall–Kier alpha value is -1.88. The molecule has 202 valence electrons. The molecule has 0 aliphatic heterocycles. The number of amides is 2. The minimum atomic E-state index is -1.05. The van der Waals surface area contributed by atoms with Crippen LogP contribution in [0.1, 0.15) is 53.4 Å².